The van der Waals surface area contributed by atoms with Crippen LogP contribution in [0.4, 0.5) is 0 Å². The Bertz CT molecular complexity index is 238. The molecule has 0 aromatic rings. The van der Waals surface area contributed by atoms with Gasteiger partial charge in [0.05, 0.1) is 5.41 Å². The van der Waals surface area contributed by atoms with E-state index in [1.165, 1.54) is 12.8 Å². The molecule has 1 saturated heterocycles. The minimum Gasteiger partial charge on any atom is -0.481 e. The van der Waals surface area contributed by atoms with Gasteiger partial charge in [-0.15, -0.1) is 0 Å². The van der Waals surface area contributed by atoms with Crippen LogP contribution < -0.4 is 0 Å². The Morgan fingerprint density at radius 1 is 1.47 bits per heavy atom. The number of hydrogen-bond donors (Lipinski definition) is 1. The van der Waals surface area contributed by atoms with Crippen LogP contribution in [0.15, 0.2) is 0 Å². The highest BCUT2D eigenvalue weighted by Crippen LogP contribution is 2.26. The summed E-state index contributed by atoms with van der Waals surface area (Å²) < 4.78 is 0. The topological polar surface area (TPSA) is 40.5 Å². The lowest BCUT2D eigenvalue weighted by atomic mass is 9.88. The fraction of sp³-hybridized carbons (Fsp3) is 0.917. The molecule has 0 aromatic carbocycles. The normalized spacial score (nSPS) is 29.1. The monoisotopic (exact) mass is 213 g/mol. The molecule has 2 unspecified atom stereocenters. The fourth-order valence-electron chi connectivity index (χ4n) is 2.27. The molecule has 1 aliphatic heterocycles. The third-order valence-electron chi connectivity index (χ3n) is 3.45. The number of hydrogen-bond acceptors (Lipinski definition) is 2. The molecular weight excluding hydrogens is 190 g/mol. The molecule has 1 fully saturated rings. The van der Waals surface area contributed by atoms with E-state index >= 15 is 0 Å². The Balaban J connectivity index is 2.55. The first kappa shape index (κ1) is 12.5. The predicted octanol–water partition coefficient (Wildman–Crippen LogP) is 2.22. The molecule has 1 N–H and O–H groups in total. The van der Waals surface area contributed by atoms with Crippen molar-refractivity contribution >= 4 is 5.97 Å². The molecule has 2 atom stereocenters. The summed E-state index contributed by atoms with van der Waals surface area (Å²) in [5, 5.41) is 9.08. The summed E-state index contributed by atoms with van der Waals surface area (Å²) in [6, 6.07) is 0.521. The Hall–Kier alpha value is -0.570. The van der Waals surface area contributed by atoms with E-state index in [1.807, 2.05) is 0 Å². The molecular formula is C12H23NO2. The average Bonchev–Trinajstić information content (AvgIpc) is 2.09. The van der Waals surface area contributed by atoms with E-state index < -0.39 is 11.4 Å². The van der Waals surface area contributed by atoms with E-state index in [2.05, 4.69) is 18.7 Å². The molecule has 3 nitrogen and oxygen atoms in total. The summed E-state index contributed by atoms with van der Waals surface area (Å²) in [6.45, 7) is 9.79. The maximum atomic E-state index is 11.0. The molecule has 0 amide bonds. The SMILES string of the molecule is CC1CCN(CC(C)(C)C(=O)O)C(C)C1. The number of rotatable bonds is 3. The number of carbonyl (C=O) groups is 1. The molecule has 0 radical (unpaired) electrons. The zero-order valence-electron chi connectivity index (χ0n) is 10.3. The van der Waals surface area contributed by atoms with E-state index in [9.17, 15) is 4.79 Å². The predicted molar refractivity (Wildman–Crippen MR) is 60.8 cm³/mol. The van der Waals surface area contributed by atoms with Gasteiger partial charge in [0.25, 0.3) is 0 Å². The largest absolute Gasteiger partial charge is 0.481 e. The van der Waals surface area contributed by atoms with Crippen LogP contribution >= 0.6 is 0 Å². The molecule has 0 spiro atoms. The maximum Gasteiger partial charge on any atom is 0.310 e. The Labute approximate surface area is 92.5 Å². The Morgan fingerprint density at radius 3 is 2.53 bits per heavy atom. The number of piperidine rings is 1. The van der Waals surface area contributed by atoms with E-state index in [-0.39, 0.29) is 0 Å². The summed E-state index contributed by atoms with van der Waals surface area (Å²) in [5.41, 5.74) is -0.630. The van der Waals surface area contributed by atoms with Gasteiger partial charge in [0.1, 0.15) is 0 Å². The number of carboxylic acid groups (broad SMARTS) is 1. The summed E-state index contributed by atoms with van der Waals surface area (Å²) in [7, 11) is 0. The lowest BCUT2D eigenvalue weighted by Crippen LogP contribution is -2.47. The number of nitrogens with zero attached hydrogens (tertiary/aromatic N) is 1. The molecule has 3 heteroatoms. The van der Waals surface area contributed by atoms with Gasteiger partial charge in [-0.05, 0) is 46.1 Å². The lowest BCUT2D eigenvalue weighted by molar-refractivity contribution is -0.148. The van der Waals surface area contributed by atoms with Crippen LogP contribution in [0.25, 0.3) is 0 Å². The quantitative estimate of drug-likeness (QED) is 0.781. The van der Waals surface area contributed by atoms with Crippen molar-refractivity contribution in [3.05, 3.63) is 0 Å². The second-order valence-electron chi connectivity index (χ2n) is 5.64. The third-order valence-corrected chi connectivity index (χ3v) is 3.45. The van der Waals surface area contributed by atoms with Crippen LogP contribution in [-0.4, -0.2) is 35.1 Å². The molecule has 0 aromatic heterocycles. The van der Waals surface area contributed by atoms with Crippen molar-refractivity contribution < 1.29 is 9.90 Å². The zero-order chi connectivity index (χ0) is 11.6. The first-order valence-corrected chi connectivity index (χ1v) is 5.80. The standard InChI is InChI=1S/C12H23NO2/c1-9-5-6-13(10(2)7-9)8-12(3,4)11(14)15/h9-10H,5-8H2,1-4H3,(H,14,15). The highest BCUT2D eigenvalue weighted by atomic mass is 16.4. The number of aliphatic carboxylic acids is 1. The summed E-state index contributed by atoms with van der Waals surface area (Å²) in [6.07, 6.45) is 2.38. The molecule has 1 aliphatic rings. The smallest absolute Gasteiger partial charge is 0.310 e. The van der Waals surface area contributed by atoms with Gasteiger partial charge in [0.2, 0.25) is 0 Å². The van der Waals surface area contributed by atoms with Gasteiger partial charge in [-0.25, -0.2) is 0 Å². The average molecular weight is 213 g/mol. The Kier molecular flexibility index (Phi) is 3.77. The van der Waals surface area contributed by atoms with Gasteiger partial charge in [-0.2, -0.15) is 0 Å². The number of likely N-dealkylation sites (tertiary alicyclic amines) is 1. The van der Waals surface area contributed by atoms with E-state index in [0.29, 0.717) is 12.6 Å². The lowest BCUT2D eigenvalue weighted by Gasteiger charge is -2.39. The van der Waals surface area contributed by atoms with E-state index in [0.717, 1.165) is 12.5 Å². The van der Waals surface area contributed by atoms with Crippen molar-refractivity contribution in [2.24, 2.45) is 11.3 Å². The highest BCUT2D eigenvalue weighted by Gasteiger charge is 2.33. The first-order valence-electron chi connectivity index (χ1n) is 5.80. The van der Waals surface area contributed by atoms with Gasteiger partial charge >= 0.3 is 5.97 Å². The first-order chi connectivity index (χ1) is 6.83. The van der Waals surface area contributed by atoms with Crippen LogP contribution in [0.2, 0.25) is 0 Å². The fourth-order valence-corrected chi connectivity index (χ4v) is 2.27. The molecule has 0 saturated carbocycles. The van der Waals surface area contributed by atoms with Crippen molar-refractivity contribution in [1.29, 1.82) is 0 Å². The van der Waals surface area contributed by atoms with Gasteiger partial charge in [-0.1, -0.05) is 6.92 Å². The second kappa shape index (κ2) is 4.52. The van der Waals surface area contributed by atoms with Crippen molar-refractivity contribution in [1.82, 2.24) is 4.90 Å². The van der Waals surface area contributed by atoms with Crippen LogP contribution in [0.5, 0.6) is 0 Å². The third kappa shape index (κ3) is 3.20. The summed E-state index contributed by atoms with van der Waals surface area (Å²) in [4.78, 5) is 13.4. The molecule has 0 bridgehead atoms. The van der Waals surface area contributed by atoms with Gasteiger partial charge in [0, 0.05) is 12.6 Å². The van der Waals surface area contributed by atoms with Crippen molar-refractivity contribution in [2.45, 2.75) is 46.6 Å². The highest BCUT2D eigenvalue weighted by molar-refractivity contribution is 5.73. The zero-order valence-corrected chi connectivity index (χ0v) is 10.3. The Morgan fingerprint density at radius 2 is 2.07 bits per heavy atom. The van der Waals surface area contributed by atoms with Crippen LogP contribution in [-0.2, 0) is 4.79 Å². The van der Waals surface area contributed by atoms with Gasteiger partial charge in [0.15, 0.2) is 0 Å². The summed E-state index contributed by atoms with van der Waals surface area (Å²) >= 11 is 0. The molecule has 15 heavy (non-hydrogen) atoms. The van der Waals surface area contributed by atoms with Crippen LogP contribution in [0, 0.1) is 11.3 Å². The van der Waals surface area contributed by atoms with Crippen molar-refractivity contribution in [3.63, 3.8) is 0 Å². The van der Waals surface area contributed by atoms with Crippen LogP contribution in [0.1, 0.15) is 40.5 Å². The number of carboxylic acids is 1. The van der Waals surface area contributed by atoms with Crippen molar-refractivity contribution in [2.75, 3.05) is 13.1 Å². The van der Waals surface area contributed by atoms with Crippen LogP contribution in [0.3, 0.4) is 0 Å². The minimum atomic E-state index is -0.701. The maximum absolute atomic E-state index is 11.0. The molecule has 0 aliphatic carbocycles. The minimum absolute atomic E-state index is 0.521. The summed E-state index contributed by atoms with van der Waals surface area (Å²) in [5.74, 6) is 0.0810. The van der Waals surface area contributed by atoms with E-state index in [1.54, 1.807) is 13.8 Å². The van der Waals surface area contributed by atoms with Gasteiger partial charge in [-0.3, -0.25) is 9.69 Å². The van der Waals surface area contributed by atoms with Gasteiger partial charge < -0.3 is 5.11 Å². The molecule has 1 heterocycles. The second-order valence-corrected chi connectivity index (χ2v) is 5.64. The molecule has 1 rings (SSSR count). The van der Waals surface area contributed by atoms with E-state index in [4.69, 9.17) is 5.11 Å². The molecule has 88 valence electrons. The van der Waals surface area contributed by atoms with Crippen molar-refractivity contribution in [3.8, 4) is 0 Å².